The third-order valence-corrected chi connectivity index (χ3v) is 3.13. The van der Waals surface area contributed by atoms with Gasteiger partial charge in [0.05, 0.1) is 5.69 Å². The number of hydrogen-bond acceptors (Lipinski definition) is 4. The molecule has 5 nitrogen and oxygen atoms in total. The van der Waals surface area contributed by atoms with Gasteiger partial charge in [-0.05, 0) is 30.7 Å². The molecule has 0 atom stereocenters. The Morgan fingerprint density at radius 1 is 1.53 bits per heavy atom. The van der Waals surface area contributed by atoms with Crippen molar-refractivity contribution in [1.29, 1.82) is 0 Å². The quantitative estimate of drug-likeness (QED) is 0.876. The van der Waals surface area contributed by atoms with Crippen LogP contribution in [0.3, 0.4) is 0 Å². The van der Waals surface area contributed by atoms with Crippen molar-refractivity contribution in [2.75, 3.05) is 12.8 Å². The van der Waals surface area contributed by atoms with Crippen molar-refractivity contribution in [3.8, 4) is 0 Å². The first kappa shape index (κ1) is 13.4. The molecule has 19 heavy (non-hydrogen) atoms. The molecule has 0 unspecified atom stereocenters. The highest BCUT2D eigenvalue weighted by atomic mass is 35.5. The van der Waals surface area contributed by atoms with E-state index in [-0.39, 0.29) is 11.7 Å². The van der Waals surface area contributed by atoms with Gasteiger partial charge in [0.15, 0.2) is 6.39 Å². The van der Waals surface area contributed by atoms with Crippen LogP contribution in [0, 0.1) is 6.92 Å². The molecule has 0 bridgehead atoms. The van der Waals surface area contributed by atoms with E-state index in [4.69, 9.17) is 21.8 Å². The SMILES string of the molecule is Cc1ncoc1C(=O)N(C)Cc1cc(N)ccc1Cl. The van der Waals surface area contributed by atoms with Gasteiger partial charge in [0, 0.05) is 24.3 Å². The van der Waals surface area contributed by atoms with Gasteiger partial charge >= 0.3 is 0 Å². The fourth-order valence-electron chi connectivity index (χ4n) is 1.72. The first-order chi connectivity index (χ1) is 8.99. The van der Waals surface area contributed by atoms with E-state index >= 15 is 0 Å². The maximum Gasteiger partial charge on any atom is 0.291 e. The van der Waals surface area contributed by atoms with Crippen molar-refractivity contribution >= 4 is 23.2 Å². The maximum absolute atomic E-state index is 12.1. The average Bonchev–Trinajstić information content (AvgIpc) is 2.79. The molecule has 0 saturated heterocycles. The van der Waals surface area contributed by atoms with Crippen LogP contribution < -0.4 is 5.73 Å². The summed E-state index contributed by atoms with van der Waals surface area (Å²) < 4.78 is 5.08. The van der Waals surface area contributed by atoms with E-state index in [1.165, 1.54) is 11.3 Å². The van der Waals surface area contributed by atoms with Gasteiger partial charge in [0.25, 0.3) is 5.91 Å². The van der Waals surface area contributed by atoms with Crippen LogP contribution in [0.5, 0.6) is 0 Å². The molecule has 6 heteroatoms. The van der Waals surface area contributed by atoms with E-state index < -0.39 is 0 Å². The van der Waals surface area contributed by atoms with Crippen LogP contribution >= 0.6 is 11.6 Å². The average molecular weight is 280 g/mol. The number of aryl methyl sites for hydroxylation is 1. The van der Waals surface area contributed by atoms with Gasteiger partial charge in [0.2, 0.25) is 5.76 Å². The lowest BCUT2D eigenvalue weighted by Gasteiger charge is -2.17. The van der Waals surface area contributed by atoms with Crippen molar-refractivity contribution in [1.82, 2.24) is 9.88 Å². The Bertz CT molecular complexity index is 610. The standard InChI is InChI=1S/C13H14ClN3O2/c1-8-12(19-7-16-8)13(18)17(2)6-9-5-10(15)3-4-11(9)14/h3-5,7H,6,15H2,1-2H3. The monoisotopic (exact) mass is 279 g/mol. The number of carbonyl (C=O) groups is 1. The lowest BCUT2D eigenvalue weighted by Crippen LogP contribution is -2.26. The number of anilines is 1. The van der Waals surface area contributed by atoms with Gasteiger partial charge in [0.1, 0.15) is 0 Å². The fourth-order valence-corrected chi connectivity index (χ4v) is 1.90. The van der Waals surface area contributed by atoms with E-state index in [0.717, 1.165) is 5.56 Å². The van der Waals surface area contributed by atoms with Crippen molar-refractivity contribution in [2.24, 2.45) is 0 Å². The summed E-state index contributed by atoms with van der Waals surface area (Å²) in [6.45, 7) is 2.07. The molecule has 0 aliphatic carbocycles. The third-order valence-electron chi connectivity index (χ3n) is 2.76. The van der Waals surface area contributed by atoms with Crippen molar-refractivity contribution in [3.05, 3.63) is 46.6 Å². The number of oxazole rings is 1. The molecule has 1 aromatic carbocycles. The summed E-state index contributed by atoms with van der Waals surface area (Å²) in [5.74, 6) is -0.00369. The first-order valence-electron chi connectivity index (χ1n) is 5.68. The molecular formula is C13H14ClN3O2. The lowest BCUT2D eigenvalue weighted by atomic mass is 10.2. The summed E-state index contributed by atoms with van der Waals surface area (Å²) in [6.07, 6.45) is 1.25. The molecule has 0 aliphatic rings. The van der Waals surface area contributed by atoms with Gasteiger partial charge in [-0.15, -0.1) is 0 Å². The number of aromatic nitrogens is 1. The minimum absolute atomic E-state index is 0.238. The Balaban J connectivity index is 2.17. The normalized spacial score (nSPS) is 10.5. The van der Waals surface area contributed by atoms with Gasteiger partial charge in [-0.3, -0.25) is 4.79 Å². The van der Waals surface area contributed by atoms with E-state index in [0.29, 0.717) is 22.9 Å². The Morgan fingerprint density at radius 3 is 2.89 bits per heavy atom. The minimum Gasteiger partial charge on any atom is -0.438 e. The highest BCUT2D eigenvalue weighted by molar-refractivity contribution is 6.31. The fraction of sp³-hybridized carbons (Fsp3) is 0.231. The molecule has 1 heterocycles. The van der Waals surface area contributed by atoms with E-state index in [1.54, 1.807) is 32.2 Å². The smallest absolute Gasteiger partial charge is 0.291 e. The van der Waals surface area contributed by atoms with E-state index in [1.807, 2.05) is 0 Å². The van der Waals surface area contributed by atoms with Crippen LogP contribution in [0.4, 0.5) is 5.69 Å². The number of nitrogen functional groups attached to an aromatic ring is 1. The maximum atomic E-state index is 12.1. The Morgan fingerprint density at radius 2 is 2.26 bits per heavy atom. The number of carbonyl (C=O) groups excluding carboxylic acids is 1. The largest absolute Gasteiger partial charge is 0.438 e. The summed E-state index contributed by atoms with van der Waals surface area (Å²) in [4.78, 5) is 17.6. The molecular weight excluding hydrogens is 266 g/mol. The van der Waals surface area contributed by atoms with Gasteiger partial charge < -0.3 is 15.1 Å². The van der Waals surface area contributed by atoms with Gasteiger partial charge in [-0.1, -0.05) is 11.6 Å². The molecule has 2 rings (SSSR count). The number of rotatable bonds is 3. The number of amides is 1. The number of benzene rings is 1. The highest BCUT2D eigenvalue weighted by Crippen LogP contribution is 2.21. The predicted octanol–water partition coefficient (Wildman–Crippen LogP) is 2.49. The zero-order chi connectivity index (χ0) is 14.0. The summed E-state index contributed by atoms with van der Waals surface area (Å²) >= 11 is 6.07. The molecule has 2 aromatic rings. The predicted molar refractivity (Wildman–Crippen MR) is 72.9 cm³/mol. The number of halogens is 1. The summed E-state index contributed by atoms with van der Waals surface area (Å²) in [7, 11) is 1.67. The number of hydrogen-bond donors (Lipinski definition) is 1. The highest BCUT2D eigenvalue weighted by Gasteiger charge is 2.19. The third kappa shape index (κ3) is 2.88. The lowest BCUT2D eigenvalue weighted by molar-refractivity contribution is 0.0752. The van der Waals surface area contributed by atoms with Crippen molar-refractivity contribution < 1.29 is 9.21 Å². The topological polar surface area (TPSA) is 72.4 Å². The summed E-state index contributed by atoms with van der Waals surface area (Å²) in [5, 5.41) is 0.572. The molecule has 2 N–H and O–H groups in total. The second kappa shape index (κ2) is 5.32. The molecule has 0 aliphatic heterocycles. The Labute approximate surface area is 116 Å². The van der Waals surface area contributed by atoms with Crippen LogP contribution in [0.25, 0.3) is 0 Å². The van der Waals surface area contributed by atoms with Crippen LogP contribution in [-0.4, -0.2) is 22.8 Å². The number of nitrogens with two attached hydrogens (primary N) is 1. The second-order valence-corrected chi connectivity index (χ2v) is 4.69. The summed E-state index contributed by atoms with van der Waals surface area (Å²) in [5.41, 5.74) is 7.67. The Kier molecular flexibility index (Phi) is 3.76. The Hall–Kier alpha value is -2.01. The second-order valence-electron chi connectivity index (χ2n) is 4.28. The molecule has 0 fully saturated rings. The molecule has 100 valence electrons. The number of nitrogens with zero attached hydrogens (tertiary/aromatic N) is 2. The minimum atomic E-state index is -0.242. The first-order valence-corrected chi connectivity index (χ1v) is 6.06. The molecule has 0 spiro atoms. The van der Waals surface area contributed by atoms with Crippen LogP contribution in [-0.2, 0) is 6.54 Å². The van der Waals surface area contributed by atoms with E-state index in [9.17, 15) is 4.79 Å². The molecule has 0 radical (unpaired) electrons. The molecule has 0 saturated carbocycles. The zero-order valence-corrected chi connectivity index (χ0v) is 11.4. The molecule has 1 amide bonds. The van der Waals surface area contributed by atoms with Crippen molar-refractivity contribution in [3.63, 3.8) is 0 Å². The van der Waals surface area contributed by atoms with Crippen molar-refractivity contribution in [2.45, 2.75) is 13.5 Å². The van der Waals surface area contributed by atoms with E-state index in [2.05, 4.69) is 4.98 Å². The van der Waals surface area contributed by atoms with Crippen LogP contribution in [0.15, 0.2) is 29.0 Å². The van der Waals surface area contributed by atoms with Crippen LogP contribution in [0.1, 0.15) is 21.8 Å². The van der Waals surface area contributed by atoms with Gasteiger partial charge in [-0.2, -0.15) is 0 Å². The van der Waals surface area contributed by atoms with Crippen LogP contribution in [0.2, 0.25) is 5.02 Å². The summed E-state index contributed by atoms with van der Waals surface area (Å²) in [6, 6.07) is 5.18. The van der Waals surface area contributed by atoms with Gasteiger partial charge in [-0.25, -0.2) is 4.98 Å². The zero-order valence-electron chi connectivity index (χ0n) is 10.7. The molecule has 1 aromatic heterocycles.